The fourth-order valence-corrected chi connectivity index (χ4v) is 24.0. The van der Waals surface area contributed by atoms with Crippen molar-refractivity contribution in [2.45, 2.75) is 57.8 Å². The molecule has 0 radical (unpaired) electrons. The smallest absolute Gasteiger partial charge is 0.164 e. The molecule has 3 aliphatic carbocycles. The monoisotopic (exact) mass is 1920 g/mol. The van der Waals surface area contributed by atoms with E-state index < -0.39 is 0 Å². The number of para-hydroxylation sites is 3. The molecule has 0 N–H and O–H groups in total. The molecule has 0 saturated carbocycles. The van der Waals surface area contributed by atoms with Crippen LogP contribution in [-0.4, -0.2) is 58.6 Å². The average molecular weight is 1920 g/mol. The van der Waals surface area contributed by atoms with Crippen molar-refractivity contribution in [3.8, 4) is 153 Å². The van der Waals surface area contributed by atoms with Crippen molar-refractivity contribution in [1.82, 2.24) is 58.6 Å². The first-order chi connectivity index (χ1) is 73.6. The summed E-state index contributed by atoms with van der Waals surface area (Å²) >= 11 is 0. The molecule has 21 aromatic carbocycles. The van der Waals surface area contributed by atoms with E-state index in [1.165, 1.54) is 148 Å². The summed E-state index contributed by atoms with van der Waals surface area (Å²) in [7, 11) is 0. The molecule has 0 atom stereocenters. The molecule has 0 unspecified atom stereocenters. The second kappa shape index (κ2) is 35.1. The Bertz CT molecular complexity index is 10200. The van der Waals surface area contributed by atoms with Gasteiger partial charge in [0.2, 0.25) is 0 Å². The van der Waals surface area contributed by atoms with Gasteiger partial charge in [-0.1, -0.05) is 393 Å². The van der Waals surface area contributed by atoms with Crippen LogP contribution in [0.1, 0.15) is 74.9 Å². The van der Waals surface area contributed by atoms with Crippen molar-refractivity contribution in [2.75, 3.05) is 0 Å². The molecule has 708 valence electrons. The summed E-state index contributed by atoms with van der Waals surface area (Å²) in [6, 6.07) is 168. The Kier molecular flexibility index (Phi) is 20.7. The van der Waals surface area contributed by atoms with Gasteiger partial charge in [0.05, 0.1) is 33.1 Å². The third-order valence-corrected chi connectivity index (χ3v) is 31.2. The molecule has 0 aliphatic heterocycles. The maximum Gasteiger partial charge on any atom is 0.164 e. The van der Waals surface area contributed by atoms with Gasteiger partial charge in [-0.3, -0.25) is 0 Å². The van der Waals surface area contributed by atoms with Crippen LogP contribution in [0.2, 0.25) is 0 Å². The first-order valence-corrected chi connectivity index (χ1v) is 51.4. The second-order valence-corrected chi connectivity index (χ2v) is 41.1. The van der Waals surface area contributed by atoms with E-state index in [0.717, 1.165) is 83.3 Å². The lowest BCUT2D eigenvalue weighted by molar-refractivity contribution is 0.661. The fourth-order valence-electron chi connectivity index (χ4n) is 24.0. The lowest BCUT2D eigenvalue weighted by Gasteiger charge is -2.22. The first kappa shape index (κ1) is 88.5. The number of fused-ring (bicyclic) bond motifs is 23. The molecule has 0 amide bonds. The minimum absolute atomic E-state index is 0.0557. The second-order valence-electron chi connectivity index (χ2n) is 41.1. The van der Waals surface area contributed by atoms with Crippen LogP contribution in [0.25, 0.3) is 251 Å². The standard InChI is InChI=1S/3C46H32N4/c1-46(2)38-21-10-8-19-35(38)36-25-26-40-41(42(36)46)37-20-9-11-22-39(37)50(40)34-18-12-17-32(28-34)44-47-43(30-14-4-3-5-15-30)48-45(49-44)33-24-23-29-13-6-7-16-31(29)27-33;1-46(2)39-18-10-8-16-35(39)37-28-42-38(27-40(37)46)36-17-9-11-19-41(36)50(42)34-24-22-31(23-25-34)44-47-43(30-13-4-3-5-14-30)48-45(49-44)33-21-20-29-12-6-7-15-32(29)26-33;1-46(2)38-18-10-8-16-35(38)36-26-27-40-41(42(36)46)37-17-9-11-19-39(37)50(40)34-24-22-31(23-25-34)44-47-43(30-13-4-3-5-14-30)48-45(49-44)33-21-20-29-12-6-7-15-32(29)28-33/h3*3-28H,1-2H3. The zero-order chi connectivity index (χ0) is 100. The Morgan fingerprint density at radius 2 is 0.440 bits per heavy atom. The lowest BCUT2D eigenvalue weighted by Crippen LogP contribution is -2.15. The summed E-state index contributed by atoms with van der Waals surface area (Å²) in [5, 5.41) is 14.7. The van der Waals surface area contributed by atoms with Crippen LogP contribution >= 0.6 is 0 Å². The third-order valence-electron chi connectivity index (χ3n) is 31.2. The minimum Gasteiger partial charge on any atom is -0.309 e. The molecule has 6 heterocycles. The van der Waals surface area contributed by atoms with Crippen molar-refractivity contribution >= 4 is 97.7 Å². The van der Waals surface area contributed by atoms with Crippen LogP contribution in [0.15, 0.2) is 473 Å². The van der Waals surface area contributed by atoms with Crippen LogP contribution in [-0.2, 0) is 16.2 Å². The molecule has 6 aromatic heterocycles. The van der Waals surface area contributed by atoms with Crippen LogP contribution in [0.4, 0.5) is 0 Å². The van der Waals surface area contributed by atoms with Crippen molar-refractivity contribution in [3.05, 3.63) is 507 Å². The van der Waals surface area contributed by atoms with E-state index >= 15 is 0 Å². The Hall–Kier alpha value is -19.2. The number of aromatic nitrogens is 12. The Morgan fingerprint density at radius 3 is 0.840 bits per heavy atom. The molecule has 0 fully saturated rings. The predicted octanol–water partition coefficient (Wildman–Crippen LogP) is 34.3. The minimum atomic E-state index is -0.125. The van der Waals surface area contributed by atoms with Gasteiger partial charge < -0.3 is 13.7 Å². The summed E-state index contributed by atoms with van der Waals surface area (Å²) in [6.07, 6.45) is 0. The van der Waals surface area contributed by atoms with E-state index in [0.29, 0.717) is 52.4 Å². The molecule has 27 aromatic rings. The van der Waals surface area contributed by atoms with Crippen LogP contribution < -0.4 is 0 Å². The highest BCUT2D eigenvalue weighted by Gasteiger charge is 2.42. The van der Waals surface area contributed by atoms with Gasteiger partial charge in [0.1, 0.15) is 0 Å². The molecule has 150 heavy (non-hydrogen) atoms. The molecule has 30 rings (SSSR count). The van der Waals surface area contributed by atoms with Gasteiger partial charge in [-0.05, 0) is 220 Å². The van der Waals surface area contributed by atoms with E-state index in [4.69, 9.17) is 44.9 Å². The Morgan fingerprint density at radius 1 is 0.153 bits per heavy atom. The topological polar surface area (TPSA) is 131 Å². The Labute approximate surface area is 867 Å². The van der Waals surface area contributed by atoms with Gasteiger partial charge in [0.15, 0.2) is 52.4 Å². The van der Waals surface area contributed by atoms with E-state index in [1.54, 1.807) is 0 Å². The third kappa shape index (κ3) is 14.7. The molecule has 0 spiro atoms. The molecule has 0 bridgehead atoms. The molecule has 12 heteroatoms. The quantitative estimate of drug-likeness (QED) is 0.117. The van der Waals surface area contributed by atoms with Gasteiger partial charge in [-0.15, -0.1) is 0 Å². The molecule has 0 saturated heterocycles. The van der Waals surface area contributed by atoms with Crippen molar-refractivity contribution in [2.24, 2.45) is 0 Å². The number of nitrogens with zero attached hydrogens (tertiary/aromatic N) is 12. The predicted molar refractivity (Wildman–Crippen MR) is 617 cm³/mol. The van der Waals surface area contributed by atoms with Crippen LogP contribution in [0, 0.1) is 0 Å². The fraction of sp³-hybridized carbons (Fsp3) is 0.0652. The van der Waals surface area contributed by atoms with Gasteiger partial charge in [-0.25, -0.2) is 44.9 Å². The summed E-state index contributed by atoms with van der Waals surface area (Å²) < 4.78 is 7.19. The van der Waals surface area contributed by atoms with Crippen LogP contribution in [0.5, 0.6) is 0 Å². The van der Waals surface area contributed by atoms with Crippen molar-refractivity contribution in [3.63, 3.8) is 0 Å². The van der Waals surface area contributed by atoms with Gasteiger partial charge in [0.25, 0.3) is 0 Å². The van der Waals surface area contributed by atoms with Gasteiger partial charge >= 0.3 is 0 Å². The largest absolute Gasteiger partial charge is 0.309 e. The number of hydrogen-bond acceptors (Lipinski definition) is 9. The zero-order valence-electron chi connectivity index (χ0n) is 83.4. The molecule has 3 aliphatic rings. The number of rotatable bonds is 12. The SMILES string of the molecule is CC1(C)c2ccccc2-c2cc3c(cc21)c1ccccc1n3-c1ccc(-c2nc(-c3ccccc3)nc(-c3ccc4ccccc4c3)n2)cc1.CC1(C)c2ccccc2-c2ccc3c(c21)c1ccccc1n3-c1ccc(-c2nc(-c3ccccc3)nc(-c3ccc4ccccc4c3)n2)cc1.CC1(C)c2ccccc2-c2ccc3c(c21)c1ccccc1n3-c1cccc(-c2nc(-c3ccccc3)nc(-c3ccc4ccccc4c3)n2)c1. The van der Waals surface area contributed by atoms with E-state index in [-0.39, 0.29) is 16.2 Å². The van der Waals surface area contributed by atoms with Gasteiger partial charge in [0, 0.05) is 116 Å². The maximum atomic E-state index is 5.11. The highest BCUT2D eigenvalue weighted by atomic mass is 15.1. The van der Waals surface area contributed by atoms with E-state index in [9.17, 15) is 0 Å². The first-order valence-electron chi connectivity index (χ1n) is 51.4. The number of benzene rings is 21. The normalized spacial score (nSPS) is 13.2. The Balaban J connectivity index is 0.000000108. The molecular weight excluding hydrogens is 1830 g/mol. The van der Waals surface area contributed by atoms with Gasteiger partial charge in [-0.2, -0.15) is 0 Å². The summed E-state index contributed by atoms with van der Waals surface area (Å²) in [4.78, 5) is 45.2. The van der Waals surface area contributed by atoms with Crippen molar-refractivity contribution in [1.29, 1.82) is 0 Å². The summed E-state index contributed by atoms with van der Waals surface area (Å²) in [6.45, 7) is 14.1. The zero-order valence-corrected chi connectivity index (χ0v) is 83.4. The molecule has 12 nitrogen and oxygen atoms in total. The number of hydrogen-bond donors (Lipinski definition) is 0. The van der Waals surface area contributed by atoms with E-state index in [2.05, 4.69) is 450 Å². The summed E-state index contributed by atoms with van der Waals surface area (Å²) in [5.74, 6) is 5.86. The van der Waals surface area contributed by atoms with Crippen molar-refractivity contribution < 1.29 is 0 Å². The summed E-state index contributed by atoms with van der Waals surface area (Å²) in [5.41, 5.74) is 35.0. The maximum absolute atomic E-state index is 5.11. The lowest BCUT2D eigenvalue weighted by atomic mass is 9.80. The average Bonchev–Trinajstić information content (AvgIpc) is 1.72. The highest BCUT2D eigenvalue weighted by molar-refractivity contribution is 6.17. The highest BCUT2D eigenvalue weighted by Crippen LogP contribution is 2.57. The molecular formula is C138H96N12. The van der Waals surface area contributed by atoms with E-state index in [1.807, 2.05) is 78.9 Å². The van der Waals surface area contributed by atoms with Crippen LogP contribution in [0.3, 0.4) is 0 Å².